The van der Waals surface area contributed by atoms with Crippen molar-refractivity contribution in [1.29, 1.82) is 0 Å². The molecular weight excluding hydrogens is 228 g/mol. The van der Waals surface area contributed by atoms with E-state index in [0.717, 1.165) is 18.3 Å². The number of nitrogens with zero attached hydrogens (tertiary/aromatic N) is 6. The van der Waals surface area contributed by atoms with Gasteiger partial charge < -0.3 is 4.57 Å². The average molecular weight is 246 g/mol. The van der Waals surface area contributed by atoms with E-state index in [2.05, 4.69) is 20.3 Å². The largest absolute Gasteiger partial charge is 0.312 e. The van der Waals surface area contributed by atoms with Gasteiger partial charge in [-0.15, -0.1) is 10.2 Å². The molecule has 0 unspecified atom stereocenters. The first-order chi connectivity index (χ1) is 8.92. The highest BCUT2D eigenvalue weighted by Gasteiger charge is 2.16. The van der Waals surface area contributed by atoms with Crippen molar-refractivity contribution in [1.82, 2.24) is 29.5 Å². The normalized spacial score (nSPS) is 17.1. The zero-order valence-electron chi connectivity index (χ0n) is 10.4. The van der Waals surface area contributed by atoms with Crippen LogP contribution in [-0.4, -0.2) is 29.5 Å². The first-order valence-electron chi connectivity index (χ1n) is 6.61. The number of hydrogen-bond donors (Lipinski definition) is 0. The zero-order chi connectivity index (χ0) is 12.2. The Morgan fingerprint density at radius 2 is 1.89 bits per heavy atom. The lowest BCUT2D eigenvalue weighted by Crippen LogP contribution is -2.18. The van der Waals surface area contributed by atoms with Crippen LogP contribution in [0, 0.1) is 5.92 Å². The fourth-order valence-electron chi connectivity index (χ4n) is 2.64. The van der Waals surface area contributed by atoms with Crippen LogP contribution in [0.1, 0.15) is 37.9 Å². The monoisotopic (exact) mass is 246 g/mol. The Morgan fingerprint density at radius 1 is 1.11 bits per heavy atom. The van der Waals surface area contributed by atoms with Crippen LogP contribution in [0.25, 0.3) is 0 Å². The quantitative estimate of drug-likeness (QED) is 0.820. The molecule has 1 aliphatic rings. The molecule has 2 aromatic rings. The molecule has 96 valence electrons. The Hall–Kier alpha value is -1.72. The predicted molar refractivity (Wildman–Crippen MR) is 65.7 cm³/mol. The van der Waals surface area contributed by atoms with Gasteiger partial charge in [-0.1, -0.05) is 19.3 Å². The summed E-state index contributed by atoms with van der Waals surface area (Å²) in [7, 11) is 0. The predicted octanol–water partition coefficient (Wildman–Crippen LogP) is 1.50. The molecule has 0 bridgehead atoms. The van der Waals surface area contributed by atoms with Gasteiger partial charge in [0.1, 0.15) is 24.8 Å². The molecule has 2 heterocycles. The van der Waals surface area contributed by atoms with Gasteiger partial charge in [0.25, 0.3) is 0 Å². The van der Waals surface area contributed by atoms with Crippen LogP contribution in [0.4, 0.5) is 0 Å². The minimum atomic E-state index is 0.694. The molecule has 6 nitrogen and oxygen atoms in total. The van der Waals surface area contributed by atoms with Gasteiger partial charge in [-0.25, -0.2) is 9.67 Å². The molecule has 0 aliphatic heterocycles. The lowest BCUT2D eigenvalue weighted by molar-refractivity contribution is 0.303. The van der Waals surface area contributed by atoms with Crippen molar-refractivity contribution >= 4 is 0 Å². The smallest absolute Gasteiger partial charge is 0.146 e. The van der Waals surface area contributed by atoms with Crippen molar-refractivity contribution in [2.24, 2.45) is 5.92 Å². The summed E-state index contributed by atoms with van der Waals surface area (Å²) in [6.45, 7) is 1.69. The van der Waals surface area contributed by atoms with Gasteiger partial charge in [0.05, 0.1) is 6.54 Å². The third kappa shape index (κ3) is 2.57. The topological polar surface area (TPSA) is 61.4 Å². The Morgan fingerprint density at radius 3 is 2.67 bits per heavy atom. The Balaban J connectivity index is 1.67. The second kappa shape index (κ2) is 5.29. The highest BCUT2D eigenvalue weighted by molar-refractivity contribution is 4.87. The van der Waals surface area contributed by atoms with Crippen molar-refractivity contribution in [2.45, 2.75) is 45.2 Å². The van der Waals surface area contributed by atoms with Gasteiger partial charge in [-0.05, 0) is 18.8 Å². The molecule has 0 N–H and O–H groups in total. The molecular formula is C12H18N6. The summed E-state index contributed by atoms with van der Waals surface area (Å²) in [5, 5.41) is 11.9. The van der Waals surface area contributed by atoms with Crippen LogP contribution in [0.5, 0.6) is 0 Å². The van der Waals surface area contributed by atoms with Crippen LogP contribution in [0.3, 0.4) is 0 Å². The number of hydrogen-bond acceptors (Lipinski definition) is 4. The third-order valence-electron chi connectivity index (χ3n) is 3.64. The van der Waals surface area contributed by atoms with E-state index in [9.17, 15) is 0 Å². The zero-order valence-corrected chi connectivity index (χ0v) is 10.4. The summed E-state index contributed by atoms with van der Waals surface area (Å²) in [5.74, 6) is 1.75. The average Bonchev–Trinajstić information content (AvgIpc) is 3.04. The van der Waals surface area contributed by atoms with Crippen molar-refractivity contribution in [3.63, 3.8) is 0 Å². The van der Waals surface area contributed by atoms with Crippen LogP contribution >= 0.6 is 0 Å². The Labute approximate surface area is 106 Å². The highest BCUT2D eigenvalue weighted by Crippen LogP contribution is 2.25. The molecule has 0 radical (unpaired) electrons. The summed E-state index contributed by atoms with van der Waals surface area (Å²) in [5.41, 5.74) is 0. The summed E-state index contributed by atoms with van der Waals surface area (Å²) in [6.07, 6.45) is 11.8. The lowest BCUT2D eigenvalue weighted by atomic mass is 9.89. The van der Waals surface area contributed by atoms with E-state index in [1.54, 1.807) is 19.0 Å². The summed E-state index contributed by atoms with van der Waals surface area (Å²) >= 11 is 0. The molecule has 18 heavy (non-hydrogen) atoms. The lowest BCUT2D eigenvalue weighted by Gasteiger charge is -2.21. The molecule has 6 heteroatoms. The first kappa shape index (κ1) is 11.4. The standard InChI is InChI=1S/C12H18N6/c1-2-4-11(5-3-1)6-18-12(13-8-16-18)7-17-9-14-15-10-17/h8-11H,1-7H2. The van der Waals surface area contributed by atoms with E-state index in [1.165, 1.54) is 32.1 Å². The summed E-state index contributed by atoms with van der Waals surface area (Å²) in [4.78, 5) is 4.33. The van der Waals surface area contributed by atoms with Gasteiger partial charge in [-0.2, -0.15) is 5.10 Å². The Kier molecular flexibility index (Phi) is 3.34. The van der Waals surface area contributed by atoms with E-state index in [0.29, 0.717) is 6.54 Å². The molecule has 0 spiro atoms. The molecule has 3 rings (SSSR count). The van der Waals surface area contributed by atoms with Crippen molar-refractivity contribution < 1.29 is 0 Å². The molecule has 1 saturated carbocycles. The van der Waals surface area contributed by atoms with E-state index in [-0.39, 0.29) is 0 Å². The van der Waals surface area contributed by atoms with E-state index >= 15 is 0 Å². The van der Waals surface area contributed by atoms with Gasteiger partial charge in [-0.3, -0.25) is 0 Å². The van der Waals surface area contributed by atoms with Gasteiger partial charge in [0.2, 0.25) is 0 Å². The van der Waals surface area contributed by atoms with Crippen LogP contribution in [-0.2, 0) is 13.1 Å². The van der Waals surface area contributed by atoms with Crippen molar-refractivity contribution in [3.05, 3.63) is 24.8 Å². The summed E-state index contributed by atoms with van der Waals surface area (Å²) in [6, 6.07) is 0. The van der Waals surface area contributed by atoms with Crippen molar-refractivity contribution in [3.8, 4) is 0 Å². The maximum absolute atomic E-state index is 4.34. The molecule has 0 aromatic carbocycles. The van der Waals surface area contributed by atoms with E-state index < -0.39 is 0 Å². The SMILES string of the molecule is c1nc(Cn2cnnc2)n(CC2CCCCC2)n1. The molecule has 1 aliphatic carbocycles. The van der Waals surface area contributed by atoms with E-state index in [4.69, 9.17) is 0 Å². The molecule has 1 fully saturated rings. The summed E-state index contributed by atoms with van der Waals surface area (Å²) < 4.78 is 3.96. The second-order valence-electron chi connectivity index (χ2n) is 5.00. The van der Waals surface area contributed by atoms with Crippen LogP contribution < -0.4 is 0 Å². The van der Waals surface area contributed by atoms with Crippen LogP contribution in [0.15, 0.2) is 19.0 Å². The van der Waals surface area contributed by atoms with E-state index in [1.807, 2.05) is 9.25 Å². The van der Waals surface area contributed by atoms with Gasteiger partial charge >= 0.3 is 0 Å². The van der Waals surface area contributed by atoms with Gasteiger partial charge in [0, 0.05) is 6.54 Å². The fourth-order valence-corrected chi connectivity index (χ4v) is 2.64. The Bertz CT molecular complexity index is 468. The minimum Gasteiger partial charge on any atom is -0.312 e. The fraction of sp³-hybridized carbons (Fsp3) is 0.667. The molecule has 2 aromatic heterocycles. The molecule has 0 saturated heterocycles. The number of rotatable bonds is 4. The third-order valence-corrected chi connectivity index (χ3v) is 3.64. The first-order valence-corrected chi connectivity index (χ1v) is 6.61. The van der Waals surface area contributed by atoms with Crippen molar-refractivity contribution in [2.75, 3.05) is 0 Å². The second-order valence-corrected chi connectivity index (χ2v) is 5.00. The van der Waals surface area contributed by atoms with Gasteiger partial charge in [0.15, 0.2) is 0 Å². The minimum absolute atomic E-state index is 0.694. The molecule has 0 amide bonds. The highest BCUT2D eigenvalue weighted by atomic mass is 15.3. The van der Waals surface area contributed by atoms with Crippen LogP contribution in [0.2, 0.25) is 0 Å². The maximum atomic E-state index is 4.34. The maximum Gasteiger partial charge on any atom is 0.146 e. The number of aromatic nitrogens is 6. The molecule has 0 atom stereocenters.